The summed E-state index contributed by atoms with van der Waals surface area (Å²) in [6.07, 6.45) is 3.77. The summed E-state index contributed by atoms with van der Waals surface area (Å²) in [5.74, 6) is 1.97. The van der Waals surface area contributed by atoms with E-state index in [1.165, 1.54) is 6.42 Å². The van der Waals surface area contributed by atoms with Crippen molar-refractivity contribution in [3.63, 3.8) is 0 Å². The Morgan fingerprint density at radius 1 is 1.44 bits per heavy atom. The highest BCUT2D eigenvalue weighted by atomic mass is 79.9. The number of piperidine rings is 3. The summed E-state index contributed by atoms with van der Waals surface area (Å²) in [4.78, 5) is 6.96. The molecule has 132 valence electrons. The molecule has 5 heteroatoms. The number of fused-ring (bicyclic) bond motifs is 4. The third-order valence-corrected chi connectivity index (χ3v) is 6.26. The molecule has 1 unspecified atom stereocenters. The zero-order valence-corrected chi connectivity index (χ0v) is 15.9. The SMILES string of the molecule is C=C[C@H]1CN2CC[C@H]1C[C@@H]2[C@@H](O)c1cc(Br)nc2ccc(OC)cc12. The first-order valence-corrected chi connectivity index (χ1v) is 9.59. The van der Waals surface area contributed by atoms with Gasteiger partial charge in [-0.3, -0.25) is 4.90 Å². The monoisotopic (exact) mass is 402 g/mol. The number of rotatable bonds is 4. The van der Waals surface area contributed by atoms with Crippen LogP contribution in [0.4, 0.5) is 0 Å². The minimum absolute atomic E-state index is 0.152. The number of pyridine rings is 1. The maximum absolute atomic E-state index is 11.3. The van der Waals surface area contributed by atoms with Gasteiger partial charge in [-0.15, -0.1) is 6.58 Å². The second kappa shape index (κ2) is 6.71. The van der Waals surface area contributed by atoms with Crippen LogP contribution < -0.4 is 4.74 Å². The molecule has 2 aromatic rings. The van der Waals surface area contributed by atoms with Gasteiger partial charge in [0.25, 0.3) is 0 Å². The maximum atomic E-state index is 11.3. The fourth-order valence-electron chi connectivity index (χ4n) is 4.48. The smallest absolute Gasteiger partial charge is 0.119 e. The summed E-state index contributed by atoms with van der Waals surface area (Å²) in [6, 6.07) is 7.91. The highest BCUT2D eigenvalue weighted by Crippen LogP contribution is 2.42. The Hall–Kier alpha value is -1.43. The zero-order chi connectivity index (χ0) is 17.6. The molecule has 3 aliphatic rings. The van der Waals surface area contributed by atoms with Crippen LogP contribution in [-0.4, -0.2) is 41.2 Å². The first kappa shape index (κ1) is 17.0. The van der Waals surface area contributed by atoms with Gasteiger partial charge in [0.15, 0.2) is 0 Å². The average Bonchev–Trinajstić information content (AvgIpc) is 2.66. The number of hydrogen-bond acceptors (Lipinski definition) is 4. The van der Waals surface area contributed by atoms with Crippen molar-refractivity contribution in [1.29, 1.82) is 0 Å². The lowest BCUT2D eigenvalue weighted by Gasteiger charge is -2.50. The van der Waals surface area contributed by atoms with Crippen molar-refractivity contribution in [3.05, 3.63) is 47.1 Å². The molecular weight excluding hydrogens is 380 g/mol. The molecule has 4 nitrogen and oxygen atoms in total. The van der Waals surface area contributed by atoms with Crippen molar-refractivity contribution in [2.24, 2.45) is 11.8 Å². The van der Waals surface area contributed by atoms with Crippen LogP contribution in [0, 0.1) is 11.8 Å². The molecule has 3 aliphatic heterocycles. The molecule has 25 heavy (non-hydrogen) atoms. The zero-order valence-electron chi connectivity index (χ0n) is 14.4. The van der Waals surface area contributed by atoms with E-state index >= 15 is 0 Å². The van der Waals surface area contributed by atoms with Gasteiger partial charge in [0.05, 0.1) is 18.7 Å². The summed E-state index contributed by atoms with van der Waals surface area (Å²) >= 11 is 3.49. The van der Waals surface area contributed by atoms with E-state index in [0.29, 0.717) is 11.8 Å². The highest BCUT2D eigenvalue weighted by Gasteiger charge is 2.42. The van der Waals surface area contributed by atoms with Crippen LogP contribution >= 0.6 is 15.9 Å². The summed E-state index contributed by atoms with van der Waals surface area (Å²) in [7, 11) is 1.66. The minimum atomic E-state index is -0.539. The van der Waals surface area contributed by atoms with Crippen molar-refractivity contribution in [2.45, 2.75) is 25.0 Å². The minimum Gasteiger partial charge on any atom is -0.497 e. The number of aliphatic hydroxyl groups excluding tert-OH is 1. The van der Waals surface area contributed by atoms with E-state index in [1.54, 1.807) is 7.11 Å². The molecule has 0 saturated carbocycles. The Kier molecular flexibility index (Phi) is 4.56. The molecule has 1 aromatic carbocycles. The standard InChI is InChI=1S/C20H23BrN2O2/c1-3-12-11-23-7-6-13(12)8-18(23)20(24)16-10-19(21)22-17-5-4-14(25-2)9-15(16)17/h3-5,9-10,12-13,18,20,24H,1,6-8,11H2,2H3/t12-,13-,18+,20-/m0/s1. The molecule has 0 amide bonds. The Bertz CT molecular complexity index is 810. The van der Waals surface area contributed by atoms with Gasteiger partial charge in [-0.25, -0.2) is 4.98 Å². The fraction of sp³-hybridized carbons (Fsp3) is 0.450. The first-order chi connectivity index (χ1) is 12.1. The van der Waals surface area contributed by atoms with Crippen LogP contribution in [0.15, 0.2) is 41.5 Å². The van der Waals surface area contributed by atoms with E-state index < -0.39 is 6.10 Å². The molecule has 0 radical (unpaired) electrons. The summed E-state index contributed by atoms with van der Waals surface area (Å²) < 4.78 is 6.12. The van der Waals surface area contributed by atoms with Crippen molar-refractivity contribution in [2.75, 3.05) is 20.2 Å². The second-order valence-electron chi connectivity index (χ2n) is 7.11. The molecule has 4 heterocycles. The van der Waals surface area contributed by atoms with Gasteiger partial charge >= 0.3 is 0 Å². The summed E-state index contributed by atoms with van der Waals surface area (Å²) in [5, 5.41) is 12.2. The average molecular weight is 403 g/mol. The lowest BCUT2D eigenvalue weighted by molar-refractivity contribution is -0.0445. The first-order valence-electron chi connectivity index (χ1n) is 8.79. The number of hydrogen-bond donors (Lipinski definition) is 1. The van der Waals surface area contributed by atoms with E-state index in [9.17, 15) is 5.11 Å². The van der Waals surface area contributed by atoms with E-state index in [0.717, 1.165) is 46.3 Å². The van der Waals surface area contributed by atoms with Gasteiger partial charge in [-0.2, -0.15) is 0 Å². The van der Waals surface area contributed by atoms with Gasteiger partial charge in [0.1, 0.15) is 10.4 Å². The van der Waals surface area contributed by atoms with Crippen molar-refractivity contribution in [1.82, 2.24) is 9.88 Å². The molecule has 5 rings (SSSR count). The number of nitrogens with zero attached hydrogens (tertiary/aromatic N) is 2. The second-order valence-corrected chi connectivity index (χ2v) is 7.92. The van der Waals surface area contributed by atoms with E-state index in [2.05, 4.69) is 38.5 Å². The number of aliphatic hydroxyl groups is 1. The molecule has 5 atom stereocenters. The largest absolute Gasteiger partial charge is 0.497 e. The lowest BCUT2D eigenvalue weighted by Crippen LogP contribution is -2.54. The van der Waals surface area contributed by atoms with Gasteiger partial charge in [0.2, 0.25) is 0 Å². The van der Waals surface area contributed by atoms with Crippen LogP contribution in [0.1, 0.15) is 24.5 Å². The Labute approximate surface area is 156 Å². The molecule has 0 spiro atoms. The van der Waals surface area contributed by atoms with Crippen LogP contribution in [-0.2, 0) is 0 Å². The van der Waals surface area contributed by atoms with E-state index in [4.69, 9.17) is 4.74 Å². The molecule has 3 fully saturated rings. The Balaban J connectivity index is 1.73. The molecule has 2 bridgehead atoms. The molecule has 3 saturated heterocycles. The normalized spacial score (nSPS) is 29.6. The third-order valence-electron chi connectivity index (χ3n) is 5.85. The molecule has 0 aliphatic carbocycles. The number of benzene rings is 1. The predicted octanol–water partition coefficient (Wildman–Crippen LogP) is 3.94. The van der Waals surface area contributed by atoms with Crippen LogP contribution in [0.5, 0.6) is 5.75 Å². The van der Waals surface area contributed by atoms with Crippen LogP contribution in [0.3, 0.4) is 0 Å². The van der Waals surface area contributed by atoms with E-state index in [1.807, 2.05) is 24.3 Å². The Morgan fingerprint density at radius 2 is 2.28 bits per heavy atom. The van der Waals surface area contributed by atoms with Crippen LogP contribution in [0.2, 0.25) is 0 Å². The van der Waals surface area contributed by atoms with Crippen molar-refractivity contribution in [3.8, 4) is 5.75 Å². The maximum Gasteiger partial charge on any atom is 0.119 e. The number of ether oxygens (including phenoxy) is 1. The van der Waals surface area contributed by atoms with Gasteiger partial charge in [-0.1, -0.05) is 6.08 Å². The summed E-state index contributed by atoms with van der Waals surface area (Å²) in [6.45, 7) is 6.05. The predicted molar refractivity (Wildman–Crippen MR) is 103 cm³/mol. The number of aromatic nitrogens is 1. The topological polar surface area (TPSA) is 45.6 Å². The lowest BCUT2D eigenvalue weighted by atomic mass is 9.73. The van der Waals surface area contributed by atoms with Crippen LogP contribution in [0.25, 0.3) is 10.9 Å². The van der Waals surface area contributed by atoms with E-state index in [-0.39, 0.29) is 6.04 Å². The third kappa shape index (κ3) is 2.98. The quantitative estimate of drug-likeness (QED) is 0.621. The molecule has 1 N–H and O–H groups in total. The summed E-state index contributed by atoms with van der Waals surface area (Å²) in [5.41, 5.74) is 1.78. The molecular formula is C20H23BrN2O2. The molecule has 1 aromatic heterocycles. The number of halogens is 1. The van der Waals surface area contributed by atoms with Gasteiger partial charge in [-0.05, 0) is 77.0 Å². The number of methoxy groups -OCH3 is 1. The van der Waals surface area contributed by atoms with Gasteiger partial charge in [0, 0.05) is 18.0 Å². The fourth-order valence-corrected chi connectivity index (χ4v) is 4.92. The highest BCUT2D eigenvalue weighted by molar-refractivity contribution is 9.10. The Morgan fingerprint density at radius 3 is 2.96 bits per heavy atom. The van der Waals surface area contributed by atoms with Crippen molar-refractivity contribution >= 4 is 26.8 Å². The van der Waals surface area contributed by atoms with Gasteiger partial charge < -0.3 is 9.84 Å². The van der Waals surface area contributed by atoms with Crippen molar-refractivity contribution < 1.29 is 9.84 Å².